The molecular weight excluding hydrogens is 432 g/mol. The van der Waals surface area contributed by atoms with E-state index in [1.165, 1.54) is 0 Å². The minimum atomic E-state index is -2.66. The largest absolute Gasteiger partial charge is 0.493 e. The zero-order valence-corrected chi connectivity index (χ0v) is 18.9. The molecule has 1 heterocycles. The monoisotopic (exact) mass is 463 g/mol. The van der Waals surface area contributed by atoms with Crippen LogP contribution in [0.3, 0.4) is 0 Å². The number of ether oxygens (including phenoxy) is 2. The van der Waals surface area contributed by atoms with E-state index in [1.54, 1.807) is 29.2 Å². The summed E-state index contributed by atoms with van der Waals surface area (Å²) in [5, 5.41) is 9.06. The molecule has 1 N–H and O–H groups in total. The molecule has 0 bridgehead atoms. The van der Waals surface area contributed by atoms with Crippen LogP contribution in [0, 0.1) is 0 Å². The van der Waals surface area contributed by atoms with Gasteiger partial charge in [-0.05, 0) is 44.7 Å². The van der Waals surface area contributed by atoms with Crippen LogP contribution in [0.15, 0.2) is 47.9 Å². The van der Waals surface area contributed by atoms with Gasteiger partial charge < -0.3 is 19.5 Å². The first-order valence-corrected chi connectivity index (χ1v) is 11.4. The van der Waals surface area contributed by atoms with Crippen LogP contribution in [0.1, 0.15) is 57.4 Å². The number of carbonyl (C=O) groups is 2. The molecule has 1 saturated heterocycles. The van der Waals surface area contributed by atoms with Gasteiger partial charge in [0.2, 0.25) is 5.92 Å². The van der Waals surface area contributed by atoms with Gasteiger partial charge in [0.05, 0.1) is 18.7 Å². The lowest BCUT2D eigenvalue weighted by Gasteiger charge is -2.37. The van der Waals surface area contributed by atoms with E-state index in [9.17, 15) is 18.4 Å². The number of hydrogen-bond donors (Lipinski definition) is 1. The Morgan fingerprint density at radius 3 is 2.73 bits per heavy atom. The number of alkyl halides is 2. The molecule has 0 radical (unpaired) electrons. The summed E-state index contributed by atoms with van der Waals surface area (Å²) in [6.45, 7) is 1.58. The number of nitrogens with zero attached hydrogens (tertiary/aromatic N) is 1. The van der Waals surface area contributed by atoms with E-state index >= 15 is 0 Å². The molecule has 0 aromatic heterocycles. The Morgan fingerprint density at radius 1 is 1.21 bits per heavy atom. The number of aliphatic carboxylic acids is 1. The first-order chi connectivity index (χ1) is 15.7. The topological polar surface area (TPSA) is 76.1 Å². The van der Waals surface area contributed by atoms with E-state index in [2.05, 4.69) is 0 Å². The zero-order valence-electron chi connectivity index (χ0n) is 18.9. The summed E-state index contributed by atoms with van der Waals surface area (Å²) in [5.41, 5.74) is 1.33. The number of unbranched alkanes of at least 4 members (excludes halogenated alkanes) is 2. The van der Waals surface area contributed by atoms with Crippen LogP contribution in [0.2, 0.25) is 0 Å². The minimum Gasteiger partial charge on any atom is -0.493 e. The molecule has 8 heteroatoms. The molecule has 1 aromatic rings. The summed E-state index contributed by atoms with van der Waals surface area (Å²) in [7, 11) is 0. The molecule has 6 nitrogen and oxygen atoms in total. The molecule has 1 amide bonds. The van der Waals surface area contributed by atoms with E-state index in [1.807, 2.05) is 12.2 Å². The second-order valence-electron chi connectivity index (χ2n) is 8.53. The number of halogens is 2. The molecule has 1 aliphatic heterocycles. The van der Waals surface area contributed by atoms with Gasteiger partial charge in [0.25, 0.3) is 5.91 Å². The summed E-state index contributed by atoms with van der Waals surface area (Å²) in [4.78, 5) is 25.9. The Kier molecular flexibility index (Phi) is 8.47. The fraction of sp³-hybridized carbons (Fsp3) is 0.520. The molecule has 180 valence electrons. The number of fused-ring (bicyclic) bond motifs is 1. The number of carboxylic acids is 1. The lowest BCUT2D eigenvalue weighted by molar-refractivity contribution is -0.144. The highest BCUT2D eigenvalue weighted by Gasteiger charge is 2.36. The first kappa shape index (κ1) is 24.7. The standard InChI is InChI=1S/C25H31F2NO5/c1-25(26,27)14-7-2-8-15-28-19-10-4-6-12-21(19)33-22(24(28)31)13-16-32-20-11-5-3-9-18(20)17-23(29)30/h3,5,9-12,22H,2,4,6-8,13-17H2,1H3,(H,29,30). The molecule has 1 atom stereocenters. The Hall–Kier alpha value is -2.90. The number of benzene rings is 1. The summed E-state index contributed by atoms with van der Waals surface area (Å²) in [6, 6.07) is 6.93. The van der Waals surface area contributed by atoms with E-state index in [0.29, 0.717) is 49.3 Å². The van der Waals surface area contributed by atoms with Crippen molar-refractivity contribution in [2.24, 2.45) is 0 Å². The number of amides is 1. The molecule has 0 spiro atoms. The van der Waals surface area contributed by atoms with Gasteiger partial charge in [0.1, 0.15) is 11.5 Å². The molecular formula is C25H31F2NO5. The van der Waals surface area contributed by atoms with Crippen molar-refractivity contribution in [3.8, 4) is 5.75 Å². The normalized spacial score (nSPS) is 18.2. The van der Waals surface area contributed by atoms with Gasteiger partial charge in [-0.2, -0.15) is 0 Å². The van der Waals surface area contributed by atoms with Crippen molar-refractivity contribution in [1.29, 1.82) is 0 Å². The average Bonchev–Trinajstić information content (AvgIpc) is 2.75. The van der Waals surface area contributed by atoms with Crippen LogP contribution in [0.25, 0.3) is 0 Å². The molecule has 2 aliphatic rings. The van der Waals surface area contributed by atoms with Gasteiger partial charge in [-0.3, -0.25) is 9.59 Å². The number of para-hydroxylation sites is 1. The Balaban J connectivity index is 1.58. The molecule has 0 saturated carbocycles. The minimum absolute atomic E-state index is 0.145. The SMILES string of the molecule is CC(F)(F)CCCCCN1C(=O)C(CCOc2ccccc2CC(=O)O)OC2=CCCC=C21. The van der Waals surface area contributed by atoms with Crippen LogP contribution in [-0.4, -0.2) is 47.1 Å². The van der Waals surface area contributed by atoms with E-state index in [4.69, 9.17) is 14.6 Å². The smallest absolute Gasteiger partial charge is 0.307 e. The molecule has 3 rings (SSSR count). The fourth-order valence-corrected chi connectivity index (χ4v) is 4.01. The van der Waals surface area contributed by atoms with Gasteiger partial charge in [-0.1, -0.05) is 30.7 Å². The maximum Gasteiger partial charge on any atom is 0.307 e. The highest BCUT2D eigenvalue weighted by molar-refractivity contribution is 5.85. The lowest BCUT2D eigenvalue weighted by atomic mass is 10.0. The number of hydrogen-bond acceptors (Lipinski definition) is 4. The quantitative estimate of drug-likeness (QED) is 0.437. The second-order valence-corrected chi connectivity index (χ2v) is 8.53. The third-order valence-electron chi connectivity index (χ3n) is 5.64. The zero-order chi connectivity index (χ0) is 23.8. The van der Waals surface area contributed by atoms with Crippen LogP contribution < -0.4 is 4.74 Å². The summed E-state index contributed by atoms with van der Waals surface area (Å²) in [5.74, 6) is -2.62. The van der Waals surface area contributed by atoms with Gasteiger partial charge in [0.15, 0.2) is 6.10 Å². The molecule has 1 fully saturated rings. The van der Waals surface area contributed by atoms with Crippen molar-refractivity contribution in [2.75, 3.05) is 13.2 Å². The number of morpholine rings is 1. The Morgan fingerprint density at radius 2 is 1.97 bits per heavy atom. The molecule has 1 aromatic carbocycles. The van der Waals surface area contributed by atoms with Crippen LogP contribution >= 0.6 is 0 Å². The second kappa shape index (κ2) is 11.3. The van der Waals surface area contributed by atoms with Crippen LogP contribution in [0.4, 0.5) is 8.78 Å². The van der Waals surface area contributed by atoms with Crippen molar-refractivity contribution in [1.82, 2.24) is 4.90 Å². The van der Waals surface area contributed by atoms with E-state index in [-0.39, 0.29) is 25.4 Å². The summed E-state index contributed by atoms with van der Waals surface area (Å²) < 4.78 is 37.8. The van der Waals surface area contributed by atoms with Gasteiger partial charge in [-0.25, -0.2) is 8.78 Å². The number of carbonyl (C=O) groups excluding carboxylic acids is 1. The Bertz CT molecular complexity index is 906. The van der Waals surface area contributed by atoms with E-state index < -0.39 is 18.0 Å². The average molecular weight is 464 g/mol. The molecule has 1 unspecified atom stereocenters. The molecule has 1 aliphatic carbocycles. The lowest BCUT2D eigenvalue weighted by Crippen LogP contribution is -2.46. The van der Waals surface area contributed by atoms with Crippen molar-refractivity contribution < 1.29 is 33.0 Å². The highest BCUT2D eigenvalue weighted by Crippen LogP contribution is 2.32. The highest BCUT2D eigenvalue weighted by atomic mass is 19.3. The van der Waals surface area contributed by atoms with Crippen molar-refractivity contribution in [2.45, 2.75) is 70.3 Å². The Labute approximate surface area is 192 Å². The predicted octanol–water partition coefficient (Wildman–Crippen LogP) is 5.09. The van der Waals surface area contributed by atoms with Gasteiger partial charge in [0, 0.05) is 24.9 Å². The van der Waals surface area contributed by atoms with Gasteiger partial charge >= 0.3 is 5.97 Å². The fourth-order valence-electron chi connectivity index (χ4n) is 4.01. The van der Waals surface area contributed by atoms with Crippen molar-refractivity contribution in [3.05, 3.63) is 53.4 Å². The number of rotatable bonds is 12. The van der Waals surface area contributed by atoms with Crippen LogP contribution in [-0.2, 0) is 20.7 Å². The van der Waals surface area contributed by atoms with E-state index in [0.717, 1.165) is 25.5 Å². The third kappa shape index (κ3) is 7.30. The first-order valence-electron chi connectivity index (χ1n) is 11.4. The maximum atomic E-state index is 13.1. The maximum absolute atomic E-state index is 13.1. The van der Waals surface area contributed by atoms with Crippen LogP contribution in [0.5, 0.6) is 5.75 Å². The molecule has 33 heavy (non-hydrogen) atoms. The van der Waals surface area contributed by atoms with Gasteiger partial charge in [-0.15, -0.1) is 0 Å². The summed E-state index contributed by atoms with van der Waals surface area (Å²) >= 11 is 0. The summed E-state index contributed by atoms with van der Waals surface area (Å²) in [6.07, 6.45) is 6.59. The number of carboxylic acid groups (broad SMARTS) is 1. The van der Waals surface area contributed by atoms with Crippen molar-refractivity contribution in [3.63, 3.8) is 0 Å². The third-order valence-corrected chi connectivity index (χ3v) is 5.64. The predicted molar refractivity (Wildman–Crippen MR) is 119 cm³/mol. The van der Waals surface area contributed by atoms with Crippen molar-refractivity contribution >= 4 is 11.9 Å². The number of allylic oxidation sites excluding steroid dienone is 2.